The zero-order valence-electron chi connectivity index (χ0n) is 10.3. The number of aromatic nitrogens is 2. The van der Waals surface area contributed by atoms with E-state index in [0.717, 1.165) is 16.5 Å². The molecular weight excluding hydrogens is 258 g/mol. The average Bonchev–Trinajstić information content (AvgIpc) is 3.04. The second kappa shape index (κ2) is 4.78. The van der Waals surface area contributed by atoms with Gasteiger partial charge >= 0.3 is 0 Å². The second-order valence-electron chi connectivity index (χ2n) is 4.06. The lowest BCUT2D eigenvalue weighted by atomic mass is 10.2. The number of aliphatic imine (C=N–C) groups is 1. The molecule has 0 aliphatic carbocycles. The van der Waals surface area contributed by atoms with Gasteiger partial charge in [-0.2, -0.15) is 0 Å². The summed E-state index contributed by atoms with van der Waals surface area (Å²) in [5.74, 6) is -0.00917. The van der Waals surface area contributed by atoms with Gasteiger partial charge in [0.25, 0.3) is 0 Å². The van der Waals surface area contributed by atoms with Crippen LogP contribution in [0.25, 0.3) is 10.9 Å². The first-order valence-electron chi connectivity index (χ1n) is 5.80. The molecule has 0 saturated carbocycles. The van der Waals surface area contributed by atoms with Crippen molar-refractivity contribution in [3.05, 3.63) is 47.6 Å². The molecule has 2 aromatic heterocycles. The van der Waals surface area contributed by atoms with E-state index in [2.05, 4.69) is 9.98 Å². The van der Waals surface area contributed by atoms with Gasteiger partial charge in [-0.1, -0.05) is 18.2 Å². The lowest BCUT2D eigenvalue weighted by Crippen LogP contribution is -2.02. The van der Waals surface area contributed by atoms with Gasteiger partial charge in [0.15, 0.2) is 0 Å². The smallest absolute Gasteiger partial charge is 0.227 e. The summed E-state index contributed by atoms with van der Waals surface area (Å²) in [5, 5.41) is 3.60. The summed E-state index contributed by atoms with van der Waals surface area (Å²) < 4.78 is 1.64. The van der Waals surface area contributed by atoms with Gasteiger partial charge in [-0.15, -0.1) is 11.3 Å². The monoisotopic (exact) mass is 269 g/mol. The highest BCUT2D eigenvalue weighted by Gasteiger charge is 2.08. The van der Waals surface area contributed by atoms with Gasteiger partial charge in [-0.25, -0.2) is 9.98 Å². The summed E-state index contributed by atoms with van der Waals surface area (Å²) in [7, 11) is 0. The lowest BCUT2D eigenvalue weighted by molar-refractivity contribution is 0.0941. The van der Waals surface area contributed by atoms with E-state index in [9.17, 15) is 4.79 Å². The fraction of sp³-hybridized carbons (Fsp3) is 0.0714. The van der Waals surface area contributed by atoms with Crippen molar-refractivity contribution in [1.29, 1.82) is 0 Å². The molecule has 3 aromatic rings. The molecule has 0 saturated heterocycles. The molecule has 3 rings (SSSR count). The summed E-state index contributed by atoms with van der Waals surface area (Å²) in [4.78, 5) is 20.0. The van der Waals surface area contributed by atoms with Crippen LogP contribution in [0.15, 0.2) is 47.0 Å². The Morgan fingerprint density at radius 2 is 2.26 bits per heavy atom. The maximum Gasteiger partial charge on any atom is 0.227 e. The Kier molecular flexibility index (Phi) is 2.97. The third-order valence-electron chi connectivity index (χ3n) is 2.82. The van der Waals surface area contributed by atoms with Crippen LogP contribution < -0.4 is 0 Å². The number of hydrogen-bond acceptors (Lipinski definition) is 4. The molecule has 0 N–H and O–H groups in total. The normalized spacial score (nSPS) is 11.4. The molecule has 19 heavy (non-hydrogen) atoms. The minimum Gasteiger partial charge on any atom is -0.287 e. The molecule has 0 radical (unpaired) electrons. The molecule has 4 nitrogen and oxygen atoms in total. The van der Waals surface area contributed by atoms with E-state index in [-0.39, 0.29) is 5.91 Å². The maximum absolute atomic E-state index is 11.6. The molecule has 0 aliphatic rings. The van der Waals surface area contributed by atoms with Crippen LogP contribution in [0, 0.1) is 0 Å². The highest BCUT2D eigenvalue weighted by atomic mass is 32.1. The molecule has 2 heterocycles. The van der Waals surface area contributed by atoms with Crippen molar-refractivity contribution in [1.82, 2.24) is 9.55 Å². The molecule has 0 unspecified atom stereocenters. The van der Waals surface area contributed by atoms with Crippen LogP contribution in [0.1, 0.15) is 17.3 Å². The van der Waals surface area contributed by atoms with E-state index < -0.39 is 0 Å². The summed E-state index contributed by atoms with van der Waals surface area (Å²) in [6.07, 6.45) is 5.28. The number of carbonyl (C=O) groups excluding carboxylic acids is 1. The first-order valence-corrected chi connectivity index (χ1v) is 6.68. The van der Waals surface area contributed by atoms with E-state index >= 15 is 0 Å². The molecule has 0 fully saturated rings. The summed E-state index contributed by atoms with van der Waals surface area (Å²) in [6, 6.07) is 7.78. The fourth-order valence-electron chi connectivity index (χ4n) is 1.97. The minimum atomic E-state index is -0.00917. The van der Waals surface area contributed by atoms with Crippen molar-refractivity contribution in [3.63, 3.8) is 0 Å². The Bertz CT molecular complexity index is 756. The van der Waals surface area contributed by atoms with Crippen molar-refractivity contribution >= 4 is 39.5 Å². The summed E-state index contributed by atoms with van der Waals surface area (Å²) in [5.41, 5.74) is 1.82. The molecule has 1 aromatic carbocycles. The molecule has 0 amide bonds. The van der Waals surface area contributed by atoms with Crippen LogP contribution in [0.3, 0.4) is 0 Å². The van der Waals surface area contributed by atoms with E-state index in [1.54, 1.807) is 23.9 Å². The lowest BCUT2D eigenvalue weighted by Gasteiger charge is -1.96. The Morgan fingerprint density at radius 1 is 1.42 bits per heavy atom. The molecule has 0 aliphatic heterocycles. The minimum absolute atomic E-state index is 0.00917. The Morgan fingerprint density at radius 3 is 3.00 bits per heavy atom. The van der Waals surface area contributed by atoms with Crippen molar-refractivity contribution in [2.45, 2.75) is 6.92 Å². The van der Waals surface area contributed by atoms with Crippen LogP contribution in [-0.2, 0) is 0 Å². The summed E-state index contributed by atoms with van der Waals surface area (Å²) >= 11 is 1.48. The Labute approximate surface area is 114 Å². The van der Waals surface area contributed by atoms with Gasteiger partial charge in [0.1, 0.15) is 0 Å². The number of nitrogens with zero attached hydrogens (tertiary/aromatic N) is 3. The SMILES string of the molecule is CC(=O)n1cc(C=Nc2nccs2)c2ccccc21. The summed E-state index contributed by atoms with van der Waals surface area (Å²) in [6.45, 7) is 1.55. The maximum atomic E-state index is 11.6. The highest BCUT2D eigenvalue weighted by Crippen LogP contribution is 2.21. The van der Waals surface area contributed by atoms with Gasteiger partial charge in [0.2, 0.25) is 11.0 Å². The van der Waals surface area contributed by atoms with Crippen LogP contribution in [0.5, 0.6) is 0 Å². The number of benzene rings is 1. The van der Waals surface area contributed by atoms with E-state index in [1.807, 2.05) is 35.8 Å². The van der Waals surface area contributed by atoms with Gasteiger partial charge in [0.05, 0.1) is 5.52 Å². The standard InChI is InChI=1S/C14H11N3OS/c1-10(18)17-9-11(8-16-14-15-6-7-19-14)12-4-2-3-5-13(12)17/h2-9H,1H3. The number of fused-ring (bicyclic) bond motifs is 1. The molecule has 0 atom stereocenters. The second-order valence-corrected chi connectivity index (χ2v) is 4.94. The van der Waals surface area contributed by atoms with Crippen molar-refractivity contribution in [3.8, 4) is 0 Å². The van der Waals surface area contributed by atoms with Crippen LogP contribution in [0.2, 0.25) is 0 Å². The first kappa shape index (κ1) is 11.8. The first-order chi connectivity index (χ1) is 9.25. The van der Waals surface area contributed by atoms with Crippen molar-refractivity contribution < 1.29 is 4.79 Å². The van der Waals surface area contributed by atoms with Gasteiger partial charge in [0, 0.05) is 41.9 Å². The van der Waals surface area contributed by atoms with Crippen molar-refractivity contribution in [2.24, 2.45) is 4.99 Å². The number of hydrogen-bond donors (Lipinski definition) is 0. The zero-order valence-corrected chi connectivity index (χ0v) is 11.1. The number of rotatable bonds is 2. The third kappa shape index (κ3) is 2.20. The predicted octanol–water partition coefficient (Wildman–Crippen LogP) is 3.51. The third-order valence-corrected chi connectivity index (χ3v) is 3.49. The largest absolute Gasteiger partial charge is 0.287 e. The molecular formula is C14H11N3OS. The number of para-hydroxylation sites is 1. The topological polar surface area (TPSA) is 47.2 Å². The molecule has 94 valence electrons. The zero-order chi connectivity index (χ0) is 13.2. The van der Waals surface area contributed by atoms with Gasteiger partial charge in [-0.3, -0.25) is 9.36 Å². The molecule has 5 heteroatoms. The Hall–Kier alpha value is -2.27. The number of thiazole rings is 1. The van der Waals surface area contributed by atoms with Crippen LogP contribution in [-0.4, -0.2) is 21.7 Å². The molecule has 0 bridgehead atoms. The molecule has 0 spiro atoms. The van der Waals surface area contributed by atoms with E-state index in [1.165, 1.54) is 11.3 Å². The highest BCUT2D eigenvalue weighted by molar-refractivity contribution is 7.13. The average molecular weight is 269 g/mol. The Balaban J connectivity index is 2.11. The predicted molar refractivity (Wildman–Crippen MR) is 77.6 cm³/mol. The number of carbonyl (C=O) groups is 1. The quantitative estimate of drug-likeness (QED) is 0.668. The van der Waals surface area contributed by atoms with Gasteiger partial charge < -0.3 is 0 Å². The van der Waals surface area contributed by atoms with Crippen molar-refractivity contribution in [2.75, 3.05) is 0 Å². The van der Waals surface area contributed by atoms with E-state index in [0.29, 0.717) is 5.13 Å². The fourth-order valence-corrected chi connectivity index (χ4v) is 2.45. The van der Waals surface area contributed by atoms with Gasteiger partial charge in [-0.05, 0) is 6.07 Å². The van der Waals surface area contributed by atoms with E-state index in [4.69, 9.17) is 0 Å². The van der Waals surface area contributed by atoms with Crippen LogP contribution >= 0.6 is 11.3 Å². The van der Waals surface area contributed by atoms with Crippen LogP contribution in [0.4, 0.5) is 5.13 Å².